The highest BCUT2D eigenvalue weighted by Gasteiger charge is 2.31. The average Bonchev–Trinajstić information content (AvgIpc) is 2.48. The highest BCUT2D eigenvalue weighted by atomic mass is 32.2. The summed E-state index contributed by atoms with van der Waals surface area (Å²) in [6, 6.07) is 5.21. The Bertz CT molecular complexity index is 743. The third kappa shape index (κ3) is 2.18. The lowest BCUT2D eigenvalue weighted by atomic mass is 10.0. The summed E-state index contributed by atoms with van der Waals surface area (Å²) in [5.74, 6) is -6.73. The summed E-state index contributed by atoms with van der Waals surface area (Å²) >= 11 is 0.820. The Morgan fingerprint density at radius 3 is 2.29 bits per heavy atom. The second kappa shape index (κ2) is 4.94. The van der Waals surface area contributed by atoms with Crippen molar-refractivity contribution in [2.45, 2.75) is 29.6 Å². The molecule has 0 bridgehead atoms. The van der Waals surface area contributed by atoms with Gasteiger partial charge in [0.05, 0.1) is 9.79 Å². The van der Waals surface area contributed by atoms with Gasteiger partial charge in [-0.2, -0.15) is 4.39 Å². The van der Waals surface area contributed by atoms with Crippen LogP contribution in [0.1, 0.15) is 25.3 Å². The SMILES string of the molecule is CC(C)c1ccc2c(c1)Oc1c(F)c(F)c(F)c(F)c1S2. The number of rotatable bonds is 1. The zero-order valence-electron chi connectivity index (χ0n) is 11.1. The molecule has 21 heavy (non-hydrogen) atoms. The maximum Gasteiger partial charge on any atom is 0.205 e. The number of ether oxygens (including phenoxy) is 1. The van der Waals surface area contributed by atoms with Crippen LogP contribution < -0.4 is 4.74 Å². The molecule has 3 rings (SSSR count). The Balaban J connectivity index is 2.15. The van der Waals surface area contributed by atoms with E-state index in [-0.39, 0.29) is 10.8 Å². The monoisotopic (exact) mass is 314 g/mol. The van der Waals surface area contributed by atoms with Gasteiger partial charge in [-0.05, 0) is 23.6 Å². The minimum absolute atomic E-state index is 0.219. The van der Waals surface area contributed by atoms with Crippen molar-refractivity contribution in [2.75, 3.05) is 0 Å². The van der Waals surface area contributed by atoms with Crippen molar-refractivity contribution in [2.24, 2.45) is 0 Å². The number of hydrogen-bond donors (Lipinski definition) is 0. The van der Waals surface area contributed by atoms with Crippen molar-refractivity contribution < 1.29 is 22.3 Å². The molecular formula is C15H10F4OS. The topological polar surface area (TPSA) is 9.23 Å². The lowest BCUT2D eigenvalue weighted by molar-refractivity contribution is 0.349. The Morgan fingerprint density at radius 1 is 0.952 bits per heavy atom. The maximum atomic E-state index is 13.8. The molecule has 1 aliphatic heterocycles. The van der Waals surface area contributed by atoms with E-state index < -0.39 is 29.0 Å². The Hall–Kier alpha value is -1.69. The molecule has 0 atom stereocenters. The predicted octanol–water partition coefficient (Wildman–Crippen LogP) is 5.62. The van der Waals surface area contributed by atoms with Crippen LogP contribution in [0.2, 0.25) is 0 Å². The van der Waals surface area contributed by atoms with Crippen molar-refractivity contribution in [3.8, 4) is 11.5 Å². The molecule has 0 unspecified atom stereocenters. The molecule has 0 spiro atoms. The van der Waals surface area contributed by atoms with Gasteiger partial charge in [0.2, 0.25) is 11.6 Å². The van der Waals surface area contributed by atoms with Crippen LogP contribution in [0.5, 0.6) is 11.5 Å². The van der Waals surface area contributed by atoms with E-state index in [1.54, 1.807) is 12.1 Å². The number of fused-ring (bicyclic) bond motifs is 2. The highest BCUT2D eigenvalue weighted by molar-refractivity contribution is 7.99. The zero-order chi connectivity index (χ0) is 15.3. The van der Waals surface area contributed by atoms with Crippen LogP contribution in [-0.4, -0.2) is 0 Å². The van der Waals surface area contributed by atoms with Gasteiger partial charge in [0.25, 0.3) is 0 Å². The summed E-state index contributed by atoms with van der Waals surface area (Å²) in [5, 5.41) is 0. The van der Waals surface area contributed by atoms with Gasteiger partial charge in [0.15, 0.2) is 17.4 Å². The van der Waals surface area contributed by atoms with Crippen LogP contribution in [0, 0.1) is 23.3 Å². The first kappa shape index (κ1) is 14.3. The molecule has 0 amide bonds. The molecule has 0 saturated carbocycles. The van der Waals surface area contributed by atoms with Crippen LogP contribution >= 0.6 is 11.8 Å². The number of benzene rings is 2. The first-order chi connectivity index (χ1) is 9.90. The predicted molar refractivity (Wildman–Crippen MR) is 71.0 cm³/mol. The fourth-order valence-corrected chi connectivity index (χ4v) is 3.00. The molecule has 0 aliphatic carbocycles. The molecule has 0 N–H and O–H groups in total. The van der Waals surface area contributed by atoms with Gasteiger partial charge in [0, 0.05) is 0 Å². The van der Waals surface area contributed by atoms with E-state index in [0.717, 1.165) is 17.3 Å². The Morgan fingerprint density at radius 2 is 1.62 bits per heavy atom. The second-order valence-electron chi connectivity index (χ2n) is 4.98. The van der Waals surface area contributed by atoms with Crippen molar-refractivity contribution in [3.05, 3.63) is 47.0 Å². The number of hydrogen-bond acceptors (Lipinski definition) is 2. The fourth-order valence-electron chi connectivity index (χ4n) is 2.04. The summed E-state index contributed by atoms with van der Waals surface area (Å²) in [6.07, 6.45) is 0. The van der Waals surface area contributed by atoms with E-state index >= 15 is 0 Å². The van der Waals surface area contributed by atoms with Gasteiger partial charge in [0.1, 0.15) is 5.75 Å². The van der Waals surface area contributed by atoms with Gasteiger partial charge in [-0.3, -0.25) is 0 Å². The van der Waals surface area contributed by atoms with Crippen LogP contribution in [0.4, 0.5) is 17.6 Å². The Labute approximate surface area is 122 Å². The van der Waals surface area contributed by atoms with E-state index in [4.69, 9.17) is 4.74 Å². The molecule has 0 radical (unpaired) electrons. The average molecular weight is 314 g/mol. The fraction of sp³-hybridized carbons (Fsp3) is 0.200. The van der Waals surface area contributed by atoms with Gasteiger partial charge in [-0.1, -0.05) is 31.7 Å². The van der Waals surface area contributed by atoms with Crippen molar-refractivity contribution in [3.63, 3.8) is 0 Å². The summed E-state index contributed by atoms with van der Waals surface area (Å²) < 4.78 is 59.3. The van der Waals surface area contributed by atoms with Gasteiger partial charge >= 0.3 is 0 Å². The third-order valence-electron chi connectivity index (χ3n) is 3.24. The summed E-state index contributed by atoms with van der Waals surface area (Å²) in [6.45, 7) is 3.95. The maximum absolute atomic E-state index is 13.8. The van der Waals surface area contributed by atoms with Gasteiger partial charge in [-0.15, -0.1) is 0 Å². The van der Waals surface area contributed by atoms with E-state index in [2.05, 4.69) is 0 Å². The van der Waals surface area contributed by atoms with Crippen LogP contribution in [0.15, 0.2) is 28.0 Å². The zero-order valence-corrected chi connectivity index (χ0v) is 12.0. The minimum Gasteiger partial charge on any atom is -0.452 e. The molecule has 1 nitrogen and oxygen atoms in total. The largest absolute Gasteiger partial charge is 0.452 e. The normalized spacial score (nSPS) is 12.9. The van der Waals surface area contributed by atoms with Gasteiger partial charge < -0.3 is 4.74 Å². The standard InChI is InChI=1S/C15H10F4OS/c1-6(2)7-3-4-9-8(5-7)20-14-12(18)10(16)11(17)13(19)15(14)21-9/h3-6H,1-2H3. The van der Waals surface area contributed by atoms with Gasteiger partial charge in [-0.25, -0.2) is 13.2 Å². The summed E-state index contributed by atoms with van der Waals surface area (Å²) in [5.41, 5.74) is 0.946. The quantitative estimate of drug-likeness (QED) is 0.327. The van der Waals surface area contributed by atoms with Crippen LogP contribution in [0.25, 0.3) is 0 Å². The van der Waals surface area contributed by atoms with Crippen molar-refractivity contribution >= 4 is 11.8 Å². The van der Waals surface area contributed by atoms with Crippen molar-refractivity contribution in [1.29, 1.82) is 0 Å². The van der Waals surface area contributed by atoms with E-state index in [0.29, 0.717) is 10.6 Å². The summed E-state index contributed by atoms with van der Waals surface area (Å²) in [4.78, 5) is 0.146. The van der Waals surface area contributed by atoms with Crippen LogP contribution in [0.3, 0.4) is 0 Å². The van der Waals surface area contributed by atoms with E-state index in [1.807, 2.05) is 19.9 Å². The van der Waals surface area contributed by atoms with Crippen LogP contribution in [-0.2, 0) is 0 Å². The third-order valence-corrected chi connectivity index (χ3v) is 4.37. The lowest BCUT2D eigenvalue weighted by Gasteiger charge is -2.22. The van der Waals surface area contributed by atoms with E-state index in [1.165, 1.54) is 0 Å². The molecule has 1 aliphatic rings. The van der Waals surface area contributed by atoms with E-state index in [9.17, 15) is 17.6 Å². The smallest absolute Gasteiger partial charge is 0.205 e. The molecule has 0 fully saturated rings. The molecule has 110 valence electrons. The first-order valence-electron chi connectivity index (χ1n) is 6.25. The molecule has 0 aromatic heterocycles. The summed E-state index contributed by atoms with van der Waals surface area (Å²) in [7, 11) is 0. The Kier molecular flexibility index (Phi) is 3.36. The number of halogens is 4. The molecule has 6 heteroatoms. The van der Waals surface area contributed by atoms with Crippen molar-refractivity contribution in [1.82, 2.24) is 0 Å². The highest BCUT2D eigenvalue weighted by Crippen LogP contribution is 2.50. The molecule has 2 aromatic rings. The molecule has 2 aromatic carbocycles. The molecular weight excluding hydrogens is 304 g/mol. The molecule has 1 heterocycles. The second-order valence-corrected chi connectivity index (χ2v) is 6.03. The minimum atomic E-state index is -1.87. The lowest BCUT2D eigenvalue weighted by Crippen LogP contribution is -2.06. The first-order valence-corrected chi connectivity index (χ1v) is 7.07. The molecule has 0 saturated heterocycles.